The van der Waals surface area contributed by atoms with E-state index in [1.165, 1.54) is 0 Å². The Bertz CT molecular complexity index is 836. The van der Waals surface area contributed by atoms with Gasteiger partial charge in [-0.3, -0.25) is 4.99 Å². The van der Waals surface area contributed by atoms with Gasteiger partial charge in [0, 0.05) is 27.8 Å². The van der Waals surface area contributed by atoms with Gasteiger partial charge in [-0.15, -0.1) is 5.73 Å². The van der Waals surface area contributed by atoms with E-state index in [4.69, 9.17) is 11.6 Å². The highest BCUT2D eigenvalue weighted by Crippen LogP contribution is 2.32. The Morgan fingerprint density at radius 1 is 1.48 bits per heavy atom. The van der Waals surface area contributed by atoms with Gasteiger partial charge in [0.25, 0.3) is 0 Å². The molecule has 1 atom stereocenters. The Balaban J connectivity index is 3.41. The number of hydrogen-bond donors (Lipinski definition) is 0. The normalized spacial score (nSPS) is 17.6. The molecule has 0 N–H and O–H groups in total. The molecule has 4 heteroatoms. The molecule has 0 radical (unpaired) electrons. The Morgan fingerprint density at radius 3 is 2.64 bits per heavy atom. The SMILES string of the molecule is C=C(C)/C(Cl)=C(C(\C)=N/C)/C(I)=C\C(C)C1=CC(C#N)=CC=C=C1C. The van der Waals surface area contributed by atoms with Crippen LogP contribution in [0.25, 0.3) is 0 Å². The minimum absolute atomic E-state index is 0.0943. The molecule has 0 spiro atoms. The Morgan fingerprint density at radius 2 is 2.12 bits per heavy atom. The average molecular weight is 465 g/mol. The van der Waals surface area contributed by atoms with Crippen LogP contribution >= 0.6 is 34.2 Å². The van der Waals surface area contributed by atoms with E-state index >= 15 is 0 Å². The highest BCUT2D eigenvalue weighted by molar-refractivity contribution is 14.1. The fourth-order valence-corrected chi connectivity index (χ4v) is 3.96. The molecule has 0 saturated carbocycles. The molecule has 0 bridgehead atoms. The Kier molecular flexibility index (Phi) is 8.38. The monoisotopic (exact) mass is 464 g/mol. The second kappa shape index (κ2) is 9.77. The molecule has 0 saturated heterocycles. The Hall–Kier alpha value is -1.60. The minimum atomic E-state index is 0.0943. The van der Waals surface area contributed by atoms with Crippen LogP contribution in [0.5, 0.6) is 0 Å². The third-order valence-electron chi connectivity index (χ3n) is 3.85. The molecular formula is C21H22ClIN2. The number of rotatable bonds is 5. The molecule has 2 nitrogen and oxygen atoms in total. The van der Waals surface area contributed by atoms with Gasteiger partial charge < -0.3 is 0 Å². The topological polar surface area (TPSA) is 36.1 Å². The maximum atomic E-state index is 9.22. The predicted octanol–water partition coefficient (Wildman–Crippen LogP) is 6.59. The van der Waals surface area contributed by atoms with E-state index in [1.807, 2.05) is 26.8 Å². The van der Waals surface area contributed by atoms with Crippen LogP contribution in [0.2, 0.25) is 0 Å². The molecule has 0 fully saturated rings. The summed E-state index contributed by atoms with van der Waals surface area (Å²) in [5.41, 5.74) is 8.47. The molecule has 0 aromatic carbocycles. The summed E-state index contributed by atoms with van der Waals surface area (Å²) in [6.45, 7) is 11.9. The third-order valence-corrected chi connectivity index (χ3v) is 5.26. The zero-order valence-corrected chi connectivity index (χ0v) is 18.2. The van der Waals surface area contributed by atoms with E-state index in [0.29, 0.717) is 10.6 Å². The lowest BCUT2D eigenvalue weighted by atomic mass is 9.92. The number of allylic oxidation sites excluding steroid dienone is 10. The molecule has 1 rings (SSSR count). The smallest absolute Gasteiger partial charge is 0.0991 e. The van der Waals surface area contributed by atoms with E-state index in [1.54, 1.807) is 19.2 Å². The molecule has 0 amide bonds. The fraction of sp³-hybridized carbons (Fsp3) is 0.286. The summed E-state index contributed by atoms with van der Waals surface area (Å²) in [7, 11) is 1.75. The standard InChI is InChI=1S/C21H22ClIN2/c1-13(2)21(22)20(16(5)25-6)19(23)10-15(4)18-11-17(12-24)9-7-8-14(18)3/h7,9-11,15H,1H2,2-6H3/b19-10+,21-20-,25-16-. The van der Waals surface area contributed by atoms with Crippen molar-refractivity contribution in [2.24, 2.45) is 10.9 Å². The number of halogens is 2. The van der Waals surface area contributed by atoms with E-state index in [2.05, 4.69) is 59.0 Å². The fourth-order valence-electron chi connectivity index (χ4n) is 2.36. The molecule has 0 aromatic heterocycles. The van der Waals surface area contributed by atoms with Crippen LogP contribution in [0.3, 0.4) is 0 Å². The molecule has 1 aliphatic rings. The van der Waals surface area contributed by atoms with E-state index in [0.717, 1.165) is 31.6 Å². The second-order valence-electron chi connectivity index (χ2n) is 5.85. The molecular weight excluding hydrogens is 443 g/mol. The van der Waals surface area contributed by atoms with E-state index < -0.39 is 0 Å². The lowest BCUT2D eigenvalue weighted by Crippen LogP contribution is -2.04. The van der Waals surface area contributed by atoms with Gasteiger partial charge in [0.05, 0.1) is 16.7 Å². The first-order valence-corrected chi connectivity index (χ1v) is 9.31. The summed E-state index contributed by atoms with van der Waals surface area (Å²) in [6, 6.07) is 2.20. The summed E-state index contributed by atoms with van der Waals surface area (Å²) >= 11 is 8.77. The first-order valence-electron chi connectivity index (χ1n) is 7.85. The van der Waals surface area contributed by atoms with Crippen molar-refractivity contribution in [2.45, 2.75) is 27.7 Å². The summed E-state index contributed by atoms with van der Waals surface area (Å²) in [6.07, 6.45) is 7.61. The number of nitriles is 1. The van der Waals surface area contributed by atoms with Crippen LogP contribution in [0.4, 0.5) is 0 Å². The molecule has 1 unspecified atom stereocenters. The van der Waals surface area contributed by atoms with Gasteiger partial charge in [0.1, 0.15) is 0 Å². The van der Waals surface area contributed by atoms with Gasteiger partial charge in [-0.2, -0.15) is 5.26 Å². The highest BCUT2D eigenvalue weighted by Gasteiger charge is 2.16. The van der Waals surface area contributed by atoms with Crippen molar-refractivity contribution < 1.29 is 0 Å². The van der Waals surface area contributed by atoms with Crippen molar-refractivity contribution in [2.75, 3.05) is 7.05 Å². The number of aliphatic imine (C=N–C) groups is 1. The average Bonchev–Trinajstić information content (AvgIpc) is 2.75. The van der Waals surface area contributed by atoms with Gasteiger partial charge in [0.15, 0.2) is 0 Å². The van der Waals surface area contributed by atoms with Crippen molar-refractivity contribution in [3.63, 3.8) is 0 Å². The van der Waals surface area contributed by atoms with Crippen molar-refractivity contribution >= 4 is 39.9 Å². The summed E-state index contributed by atoms with van der Waals surface area (Å²) < 4.78 is 1.01. The van der Waals surface area contributed by atoms with Gasteiger partial charge in [-0.1, -0.05) is 31.2 Å². The van der Waals surface area contributed by atoms with Crippen LogP contribution < -0.4 is 0 Å². The molecule has 130 valence electrons. The minimum Gasteiger partial charge on any atom is -0.293 e. The quantitative estimate of drug-likeness (QED) is 0.196. The molecule has 25 heavy (non-hydrogen) atoms. The van der Waals surface area contributed by atoms with Gasteiger partial charge in [0.2, 0.25) is 0 Å². The largest absolute Gasteiger partial charge is 0.293 e. The lowest BCUT2D eigenvalue weighted by Gasteiger charge is -2.15. The predicted molar refractivity (Wildman–Crippen MR) is 117 cm³/mol. The van der Waals surface area contributed by atoms with Crippen LogP contribution in [0.15, 0.2) is 78.1 Å². The summed E-state index contributed by atoms with van der Waals surface area (Å²) in [5, 5.41) is 9.84. The first-order chi connectivity index (χ1) is 11.7. The van der Waals surface area contributed by atoms with Crippen molar-refractivity contribution in [1.82, 2.24) is 0 Å². The van der Waals surface area contributed by atoms with Gasteiger partial charge in [-0.25, -0.2) is 0 Å². The van der Waals surface area contributed by atoms with Crippen LogP contribution in [-0.2, 0) is 0 Å². The zero-order chi connectivity index (χ0) is 19.1. The Labute approximate surface area is 169 Å². The molecule has 0 aromatic rings. The summed E-state index contributed by atoms with van der Waals surface area (Å²) in [4.78, 5) is 4.29. The lowest BCUT2D eigenvalue weighted by molar-refractivity contribution is 0.870. The van der Waals surface area contributed by atoms with Crippen molar-refractivity contribution in [1.29, 1.82) is 5.26 Å². The first kappa shape index (κ1) is 21.4. The second-order valence-corrected chi connectivity index (χ2v) is 7.39. The maximum Gasteiger partial charge on any atom is 0.0991 e. The number of nitrogens with zero attached hydrogens (tertiary/aromatic N) is 2. The highest BCUT2D eigenvalue weighted by atomic mass is 127. The third kappa shape index (κ3) is 5.71. The van der Waals surface area contributed by atoms with Gasteiger partial charge in [-0.05, 0) is 78.3 Å². The van der Waals surface area contributed by atoms with Crippen molar-refractivity contribution in [3.8, 4) is 6.07 Å². The van der Waals surface area contributed by atoms with Crippen LogP contribution in [-0.4, -0.2) is 12.8 Å². The van der Waals surface area contributed by atoms with Crippen LogP contribution in [0, 0.1) is 17.2 Å². The summed E-state index contributed by atoms with van der Waals surface area (Å²) in [5.74, 6) is 0.0943. The van der Waals surface area contributed by atoms with Crippen LogP contribution in [0.1, 0.15) is 27.7 Å². The maximum absolute atomic E-state index is 9.22. The van der Waals surface area contributed by atoms with Crippen molar-refractivity contribution in [3.05, 3.63) is 73.1 Å². The van der Waals surface area contributed by atoms with E-state index in [-0.39, 0.29) is 5.92 Å². The molecule has 1 aliphatic carbocycles. The van der Waals surface area contributed by atoms with Gasteiger partial charge >= 0.3 is 0 Å². The van der Waals surface area contributed by atoms with E-state index in [9.17, 15) is 5.26 Å². The zero-order valence-electron chi connectivity index (χ0n) is 15.2. The number of hydrogen-bond acceptors (Lipinski definition) is 2. The molecule has 0 heterocycles. The molecule has 0 aliphatic heterocycles.